The summed E-state index contributed by atoms with van der Waals surface area (Å²) in [4.78, 5) is 27.4. The summed E-state index contributed by atoms with van der Waals surface area (Å²) in [7, 11) is 0. The summed E-state index contributed by atoms with van der Waals surface area (Å²) in [5.41, 5.74) is 0.335. The lowest BCUT2D eigenvalue weighted by Crippen LogP contribution is -2.52. The Hall–Kier alpha value is -1.63. The van der Waals surface area contributed by atoms with Crippen molar-refractivity contribution in [3.8, 4) is 0 Å². The van der Waals surface area contributed by atoms with E-state index in [2.05, 4.69) is 15.6 Å². The maximum Gasteiger partial charge on any atom is 0.326 e. The summed E-state index contributed by atoms with van der Waals surface area (Å²) in [5.74, 6) is -1.05. The van der Waals surface area contributed by atoms with Gasteiger partial charge in [0.1, 0.15) is 11.0 Å². The molecule has 2 amide bonds. The minimum absolute atomic E-state index is 0.261. The van der Waals surface area contributed by atoms with Gasteiger partial charge in [-0.3, -0.25) is 0 Å². The smallest absolute Gasteiger partial charge is 0.326 e. The molecule has 7 heteroatoms. The SMILES string of the molecule is Cc1csc(C(C)NC(=O)N[C@H](C(=O)O)C(C)(C)C)n1. The summed E-state index contributed by atoms with van der Waals surface area (Å²) in [5, 5.41) is 17.0. The number of amides is 2. The van der Waals surface area contributed by atoms with Gasteiger partial charge in [0.05, 0.1) is 6.04 Å². The third kappa shape index (κ3) is 4.48. The summed E-state index contributed by atoms with van der Waals surface area (Å²) < 4.78 is 0. The highest BCUT2D eigenvalue weighted by molar-refractivity contribution is 7.09. The molecule has 20 heavy (non-hydrogen) atoms. The Bertz CT molecular complexity index is 493. The van der Waals surface area contributed by atoms with Gasteiger partial charge in [-0.25, -0.2) is 14.6 Å². The molecule has 0 fully saturated rings. The van der Waals surface area contributed by atoms with Crippen LogP contribution in [-0.4, -0.2) is 28.1 Å². The van der Waals surface area contributed by atoms with Gasteiger partial charge in [-0.15, -0.1) is 11.3 Å². The predicted molar refractivity (Wildman–Crippen MR) is 77.8 cm³/mol. The Morgan fingerprint density at radius 2 is 1.95 bits per heavy atom. The van der Waals surface area contributed by atoms with Crippen LogP contribution < -0.4 is 10.6 Å². The molecule has 112 valence electrons. The van der Waals surface area contributed by atoms with Crippen molar-refractivity contribution in [1.29, 1.82) is 0 Å². The van der Waals surface area contributed by atoms with Crippen molar-refractivity contribution in [3.63, 3.8) is 0 Å². The molecule has 1 heterocycles. The lowest BCUT2D eigenvalue weighted by Gasteiger charge is -2.28. The molecule has 2 atom stereocenters. The Morgan fingerprint density at radius 3 is 2.35 bits per heavy atom. The first-order valence-corrected chi connectivity index (χ1v) is 7.21. The normalized spacial score (nSPS) is 14.4. The second kappa shape index (κ2) is 6.21. The number of aromatic nitrogens is 1. The van der Waals surface area contributed by atoms with Gasteiger partial charge < -0.3 is 15.7 Å². The topological polar surface area (TPSA) is 91.3 Å². The zero-order valence-electron chi connectivity index (χ0n) is 12.4. The Morgan fingerprint density at radius 1 is 1.35 bits per heavy atom. The molecule has 0 spiro atoms. The van der Waals surface area contributed by atoms with E-state index in [0.29, 0.717) is 0 Å². The highest BCUT2D eigenvalue weighted by Crippen LogP contribution is 2.20. The molecule has 6 nitrogen and oxygen atoms in total. The van der Waals surface area contributed by atoms with Crippen LogP contribution in [0.4, 0.5) is 4.79 Å². The van der Waals surface area contributed by atoms with Crippen LogP contribution in [0.1, 0.15) is 44.4 Å². The minimum Gasteiger partial charge on any atom is -0.480 e. The van der Waals surface area contributed by atoms with Crippen molar-refractivity contribution in [2.24, 2.45) is 5.41 Å². The van der Waals surface area contributed by atoms with E-state index in [-0.39, 0.29) is 6.04 Å². The van der Waals surface area contributed by atoms with E-state index in [1.165, 1.54) is 11.3 Å². The number of nitrogens with zero attached hydrogens (tertiary/aromatic N) is 1. The van der Waals surface area contributed by atoms with Crippen molar-refractivity contribution in [1.82, 2.24) is 15.6 Å². The monoisotopic (exact) mass is 299 g/mol. The number of hydrogen-bond donors (Lipinski definition) is 3. The standard InChI is InChI=1S/C13H21N3O3S/c1-7-6-20-10(14-7)8(2)15-12(19)16-9(11(17)18)13(3,4)5/h6,8-9H,1-5H3,(H,17,18)(H2,15,16,19)/t8?,9-/m1/s1. The van der Waals surface area contributed by atoms with Crippen molar-refractivity contribution < 1.29 is 14.7 Å². The molecule has 1 unspecified atom stereocenters. The first-order valence-electron chi connectivity index (χ1n) is 6.33. The van der Waals surface area contributed by atoms with Gasteiger partial charge >= 0.3 is 12.0 Å². The molecule has 0 aromatic carbocycles. The quantitative estimate of drug-likeness (QED) is 0.795. The maximum atomic E-state index is 11.9. The van der Waals surface area contributed by atoms with Gasteiger partial charge in [-0.1, -0.05) is 20.8 Å². The van der Waals surface area contributed by atoms with E-state index in [9.17, 15) is 9.59 Å². The molecule has 0 aliphatic carbocycles. The van der Waals surface area contributed by atoms with E-state index in [1.54, 1.807) is 20.8 Å². The van der Waals surface area contributed by atoms with Crippen LogP contribution in [0, 0.1) is 12.3 Å². The third-order valence-corrected chi connectivity index (χ3v) is 3.89. The average molecular weight is 299 g/mol. The second-order valence-electron chi connectivity index (χ2n) is 5.80. The van der Waals surface area contributed by atoms with Crippen molar-refractivity contribution in [3.05, 3.63) is 16.1 Å². The number of carbonyl (C=O) groups excluding carboxylic acids is 1. The lowest BCUT2D eigenvalue weighted by molar-refractivity contribution is -0.141. The molecule has 1 aromatic heterocycles. The molecule has 1 aromatic rings. The number of carboxylic acid groups (broad SMARTS) is 1. The van der Waals surface area contributed by atoms with E-state index in [0.717, 1.165) is 10.7 Å². The molecule has 0 aliphatic heterocycles. The maximum absolute atomic E-state index is 11.9. The fourth-order valence-corrected chi connectivity index (χ4v) is 2.45. The zero-order valence-corrected chi connectivity index (χ0v) is 13.2. The van der Waals surface area contributed by atoms with Crippen molar-refractivity contribution >= 4 is 23.3 Å². The van der Waals surface area contributed by atoms with Gasteiger partial charge in [0.2, 0.25) is 0 Å². The lowest BCUT2D eigenvalue weighted by atomic mass is 9.87. The first kappa shape index (κ1) is 16.4. The Balaban J connectivity index is 2.65. The van der Waals surface area contributed by atoms with E-state index >= 15 is 0 Å². The van der Waals surface area contributed by atoms with Crippen LogP contribution in [0.25, 0.3) is 0 Å². The van der Waals surface area contributed by atoms with Crippen LogP contribution in [0.5, 0.6) is 0 Å². The van der Waals surface area contributed by atoms with Gasteiger partial charge in [-0.05, 0) is 19.3 Å². The van der Waals surface area contributed by atoms with Crippen LogP contribution >= 0.6 is 11.3 Å². The fraction of sp³-hybridized carbons (Fsp3) is 0.615. The van der Waals surface area contributed by atoms with E-state index < -0.39 is 23.5 Å². The highest BCUT2D eigenvalue weighted by atomic mass is 32.1. The van der Waals surface area contributed by atoms with E-state index in [1.807, 2.05) is 19.2 Å². The molecule has 0 aliphatic rings. The number of urea groups is 1. The highest BCUT2D eigenvalue weighted by Gasteiger charge is 2.32. The largest absolute Gasteiger partial charge is 0.480 e. The molecule has 1 rings (SSSR count). The zero-order chi connectivity index (χ0) is 15.5. The molecular formula is C13H21N3O3S. The molecule has 0 radical (unpaired) electrons. The molecular weight excluding hydrogens is 278 g/mol. The van der Waals surface area contributed by atoms with Gasteiger partial charge in [-0.2, -0.15) is 0 Å². The number of carbonyl (C=O) groups is 2. The predicted octanol–water partition coefficient (Wildman–Crippen LogP) is 2.31. The van der Waals surface area contributed by atoms with Crippen LogP contribution in [0.3, 0.4) is 0 Å². The number of thiazole rings is 1. The minimum atomic E-state index is -1.05. The summed E-state index contributed by atoms with van der Waals surface area (Å²) in [6.07, 6.45) is 0. The first-order chi connectivity index (χ1) is 9.11. The summed E-state index contributed by atoms with van der Waals surface area (Å²) in [6.45, 7) is 8.98. The van der Waals surface area contributed by atoms with Gasteiger partial charge in [0.15, 0.2) is 0 Å². The fourth-order valence-electron chi connectivity index (χ4n) is 1.65. The van der Waals surface area contributed by atoms with Gasteiger partial charge in [0.25, 0.3) is 0 Å². The Kier molecular flexibility index (Phi) is 5.10. The summed E-state index contributed by atoms with van der Waals surface area (Å²) >= 11 is 1.46. The summed E-state index contributed by atoms with van der Waals surface area (Å²) in [6, 6.07) is -1.72. The second-order valence-corrected chi connectivity index (χ2v) is 6.69. The molecule has 0 saturated heterocycles. The van der Waals surface area contributed by atoms with Crippen molar-refractivity contribution in [2.75, 3.05) is 0 Å². The number of rotatable bonds is 4. The van der Waals surface area contributed by atoms with Crippen LogP contribution in [0.15, 0.2) is 5.38 Å². The van der Waals surface area contributed by atoms with Gasteiger partial charge in [0, 0.05) is 11.1 Å². The average Bonchev–Trinajstić information content (AvgIpc) is 2.70. The molecule has 0 bridgehead atoms. The number of nitrogens with one attached hydrogen (secondary N) is 2. The van der Waals surface area contributed by atoms with Crippen molar-refractivity contribution in [2.45, 2.75) is 46.7 Å². The number of carboxylic acids is 1. The third-order valence-electron chi connectivity index (χ3n) is 2.74. The van der Waals surface area contributed by atoms with Crippen LogP contribution in [0.2, 0.25) is 0 Å². The molecule has 3 N–H and O–H groups in total. The molecule has 0 saturated carbocycles. The van der Waals surface area contributed by atoms with E-state index in [4.69, 9.17) is 5.11 Å². The Labute approximate surface area is 122 Å². The number of aryl methyl sites for hydroxylation is 1. The number of aliphatic carboxylic acids is 1. The van der Waals surface area contributed by atoms with Crippen LogP contribution in [-0.2, 0) is 4.79 Å². The number of hydrogen-bond acceptors (Lipinski definition) is 4.